The van der Waals surface area contributed by atoms with Gasteiger partial charge in [-0.15, -0.1) is 11.3 Å². The van der Waals surface area contributed by atoms with Crippen LogP contribution in [0.1, 0.15) is 16.1 Å². The molecule has 7 heteroatoms. The average Bonchev–Trinajstić information content (AvgIpc) is 3.24. The van der Waals surface area contributed by atoms with Crippen LogP contribution in [-0.2, 0) is 11.2 Å². The zero-order chi connectivity index (χ0) is 18.8. The number of benzene rings is 1. The molecule has 27 heavy (non-hydrogen) atoms. The molecule has 0 saturated carbocycles. The summed E-state index contributed by atoms with van der Waals surface area (Å²) in [5.74, 6) is -0.0443. The number of hydrogen-bond donors (Lipinski definition) is 2. The van der Waals surface area contributed by atoms with Gasteiger partial charge in [-0.05, 0) is 42.3 Å². The van der Waals surface area contributed by atoms with Crippen molar-refractivity contribution in [2.75, 3.05) is 38.5 Å². The Morgan fingerprint density at radius 1 is 1.15 bits per heavy atom. The van der Waals surface area contributed by atoms with Crippen molar-refractivity contribution in [1.82, 2.24) is 14.8 Å². The second-order valence-electron chi connectivity index (χ2n) is 6.90. The van der Waals surface area contributed by atoms with Crippen molar-refractivity contribution in [2.24, 2.45) is 0 Å². The smallest absolute Gasteiger partial charge is 0.272 e. The topological polar surface area (TPSA) is 68.4 Å². The van der Waals surface area contributed by atoms with Crippen LogP contribution in [0, 0.1) is 0 Å². The summed E-state index contributed by atoms with van der Waals surface area (Å²) in [5.41, 5.74) is 3.11. The number of nitrogens with one attached hydrogen (secondary N) is 2. The maximum Gasteiger partial charge on any atom is 0.272 e. The number of rotatable bonds is 4. The lowest BCUT2D eigenvalue weighted by Crippen LogP contribution is -2.47. The highest BCUT2D eigenvalue weighted by Crippen LogP contribution is 2.22. The number of amides is 2. The number of carbonyl (C=O) groups is 2. The van der Waals surface area contributed by atoms with E-state index in [0.29, 0.717) is 17.8 Å². The van der Waals surface area contributed by atoms with Gasteiger partial charge < -0.3 is 20.1 Å². The molecule has 1 aromatic carbocycles. The molecule has 140 valence electrons. The third-order valence-corrected chi connectivity index (χ3v) is 5.74. The third-order valence-electron chi connectivity index (χ3n) is 4.88. The Hall–Kier alpha value is -2.64. The fourth-order valence-electron chi connectivity index (χ4n) is 3.27. The van der Waals surface area contributed by atoms with Crippen molar-refractivity contribution in [3.05, 3.63) is 53.0 Å². The maximum absolute atomic E-state index is 12.5. The molecular weight excluding hydrogens is 360 g/mol. The van der Waals surface area contributed by atoms with Gasteiger partial charge in [-0.3, -0.25) is 9.59 Å². The van der Waals surface area contributed by atoms with E-state index >= 15 is 0 Å². The molecule has 0 unspecified atom stereocenters. The molecular formula is C20H22N4O2S. The number of hydrogen-bond acceptors (Lipinski definition) is 4. The number of H-pyrrole nitrogens is 1. The average molecular weight is 382 g/mol. The first kappa shape index (κ1) is 17.8. The van der Waals surface area contributed by atoms with Crippen LogP contribution >= 0.6 is 11.3 Å². The van der Waals surface area contributed by atoms with Crippen molar-refractivity contribution in [3.8, 4) is 0 Å². The lowest BCUT2D eigenvalue weighted by atomic mass is 10.1. The van der Waals surface area contributed by atoms with E-state index in [9.17, 15) is 9.59 Å². The van der Waals surface area contributed by atoms with E-state index in [2.05, 4.69) is 22.2 Å². The predicted molar refractivity (Wildman–Crippen MR) is 108 cm³/mol. The number of fused-ring (bicyclic) bond motifs is 1. The van der Waals surface area contributed by atoms with E-state index in [1.54, 1.807) is 11.3 Å². The second kappa shape index (κ2) is 7.54. The van der Waals surface area contributed by atoms with E-state index < -0.39 is 0 Å². The van der Waals surface area contributed by atoms with E-state index in [1.807, 2.05) is 46.7 Å². The number of thiophene rings is 1. The van der Waals surface area contributed by atoms with Crippen LogP contribution in [0.3, 0.4) is 0 Å². The molecule has 1 aliphatic rings. The number of piperazine rings is 1. The summed E-state index contributed by atoms with van der Waals surface area (Å²) in [4.78, 5) is 32.3. The molecule has 2 N–H and O–H groups in total. The van der Waals surface area contributed by atoms with Gasteiger partial charge in [0.05, 0.1) is 16.6 Å². The van der Waals surface area contributed by atoms with Gasteiger partial charge >= 0.3 is 0 Å². The van der Waals surface area contributed by atoms with Gasteiger partial charge in [-0.2, -0.15) is 0 Å². The number of likely N-dealkylation sites (N-methyl/N-ethyl adjacent to an activating group) is 1. The molecule has 2 aromatic heterocycles. The van der Waals surface area contributed by atoms with Crippen LogP contribution < -0.4 is 5.32 Å². The van der Waals surface area contributed by atoms with Crippen LogP contribution in [0.2, 0.25) is 0 Å². The lowest BCUT2D eigenvalue weighted by molar-refractivity contribution is -0.132. The van der Waals surface area contributed by atoms with Crippen LogP contribution in [0.4, 0.5) is 5.69 Å². The molecule has 0 aliphatic carbocycles. The largest absolute Gasteiger partial charge is 0.350 e. The molecule has 0 bridgehead atoms. The third kappa shape index (κ3) is 4.04. The fraction of sp³-hybridized carbons (Fsp3) is 0.300. The molecule has 2 amide bonds. The van der Waals surface area contributed by atoms with Gasteiger partial charge in [0, 0.05) is 31.9 Å². The van der Waals surface area contributed by atoms with Crippen LogP contribution in [0.25, 0.3) is 10.2 Å². The quantitative estimate of drug-likeness (QED) is 0.729. The summed E-state index contributed by atoms with van der Waals surface area (Å²) in [5, 5.41) is 4.90. The van der Waals surface area contributed by atoms with Gasteiger partial charge in [0.25, 0.3) is 5.91 Å². The van der Waals surface area contributed by atoms with Gasteiger partial charge in [0.1, 0.15) is 5.69 Å². The summed E-state index contributed by atoms with van der Waals surface area (Å²) in [6.45, 7) is 3.37. The number of anilines is 1. The highest BCUT2D eigenvalue weighted by molar-refractivity contribution is 7.17. The molecule has 3 heterocycles. The Balaban J connectivity index is 1.40. The summed E-state index contributed by atoms with van der Waals surface area (Å²) < 4.78 is 1.06. The first-order valence-electron chi connectivity index (χ1n) is 9.01. The Morgan fingerprint density at radius 3 is 2.74 bits per heavy atom. The van der Waals surface area contributed by atoms with Crippen molar-refractivity contribution < 1.29 is 9.59 Å². The highest BCUT2D eigenvalue weighted by Gasteiger charge is 2.19. The van der Waals surface area contributed by atoms with Crippen LogP contribution in [0.15, 0.2) is 41.8 Å². The standard InChI is InChI=1S/C20H22N4O2S/c1-23-6-8-24(9-7-23)19(25)12-14-3-2-4-15(11-14)21-20(26)17-13-18-16(22-17)5-10-27-18/h2-5,10-11,13,22H,6-9,12H2,1H3,(H,21,26). The van der Waals surface area contributed by atoms with E-state index in [4.69, 9.17) is 0 Å². The molecule has 6 nitrogen and oxygen atoms in total. The Morgan fingerprint density at radius 2 is 1.96 bits per heavy atom. The number of aromatic amines is 1. The predicted octanol–water partition coefficient (Wildman–Crippen LogP) is 2.80. The van der Waals surface area contributed by atoms with E-state index in [0.717, 1.165) is 42.0 Å². The maximum atomic E-state index is 12.5. The van der Waals surface area contributed by atoms with Crippen molar-refractivity contribution in [2.45, 2.75) is 6.42 Å². The SMILES string of the molecule is CN1CCN(C(=O)Cc2cccc(NC(=O)c3cc4sccc4[nH]3)c2)CC1. The van der Waals surface area contributed by atoms with E-state index in [1.165, 1.54) is 0 Å². The molecule has 1 aliphatic heterocycles. The minimum atomic E-state index is -0.180. The van der Waals surface area contributed by atoms with Gasteiger partial charge in [0.2, 0.25) is 5.91 Å². The van der Waals surface area contributed by atoms with Gasteiger partial charge in [-0.25, -0.2) is 0 Å². The summed E-state index contributed by atoms with van der Waals surface area (Å²) in [6, 6.07) is 11.3. The zero-order valence-electron chi connectivity index (χ0n) is 15.2. The molecule has 1 saturated heterocycles. The summed E-state index contributed by atoms with van der Waals surface area (Å²) in [7, 11) is 2.07. The molecule has 0 spiro atoms. The van der Waals surface area contributed by atoms with Gasteiger partial charge in [0.15, 0.2) is 0 Å². The minimum absolute atomic E-state index is 0.135. The minimum Gasteiger partial charge on any atom is -0.350 e. The monoisotopic (exact) mass is 382 g/mol. The number of aromatic nitrogens is 1. The lowest BCUT2D eigenvalue weighted by Gasteiger charge is -2.32. The first-order chi connectivity index (χ1) is 13.1. The van der Waals surface area contributed by atoms with E-state index in [-0.39, 0.29) is 11.8 Å². The molecule has 4 rings (SSSR count). The fourth-order valence-corrected chi connectivity index (χ4v) is 4.05. The summed E-state index contributed by atoms with van der Waals surface area (Å²) >= 11 is 1.60. The normalized spacial score (nSPS) is 15.2. The number of nitrogens with zero attached hydrogens (tertiary/aromatic N) is 2. The second-order valence-corrected chi connectivity index (χ2v) is 7.84. The van der Waals surface area contributed by atoms with Crippen LogP contribution in [-0.4, -0.2) is 59.8 Å². The van der Waals surface area contributed by atoms with Crippen molar-refractivity contribution in [3.63, 3.8) is 0 Å². The molecule has 1 fully saturated rings. The molecule has 0 atom stereocenters. The molecule has 3 aromatic rings. The van der Waals surface area contributed by atoms with Crippen molar-refractivity contribution in [1.29, 1.82) is 0 Å². The first-order valence-corrected chi connectivity index (χ1v) is 9.89. The number of carbonyl (C=O) groups excluding carboxylic acids is 2. The van der Waals surface area contributed by atoms with Gasteiger partial charge in [-0.1, -0.05) is 12.1 Å². The highest BCUT2D eigenvalue weighted by atomic mass is 32.1. The molecule has 0 radical (unpaired) electrons. The Kier molecular flexibility index (Phi) is 4.96. The Bertz CT molecular complexity index is 941. The summed E-state index contributed by atoms with van der Waals surface area (Å²) in [6.07, 6.45) is 0.353. The Labute approximate surface area is 161 Å². The van der Waals surface area contributed by atoms with Crippen molar-refractivity contribution >= 4 is 39.1 Å². The zero-order valence-corrected chi connectivity index (χ0v) is 16.0. The van der Waals surface area contributed by atoms with Crippen LogP contribution in [0.5, 0.6) is 0 Å².